The number of rotatable bonds is 3. The Morgan fingerprint density at radius 1 is 1.29 bits per heavy atom. The summed E-state index contributed by atoms with van der Waals surface area (Å²) in [7, 11) is 0. The highest BCUT2D eigenvalue weighted by molar-refractivity contribution is 6.31. The first-order chi connectivity index (χ1) is 9.97. The molecule has 2 unspecified atom stereocenters. The van der Waals surface area contributed by atoms with Crippen LogP contribution in [0.4, 0.5) is 5.69 Å². The molecule has 114 valence electrons. The molecule has 7 heteroatoms. The molecule has 1 aliphatic carbocycles. The molecule has 0 radical (unpaired) electrons. The molecule has 1 aliphatic rings. The van der Waals surface area contributed by atoms with Crippen LogP contribution in [0, 0.1) is 10.1 Å². The number of halogens is 1. The Labute approximate surface area is 127 Å². The van der Waals surface area contributed by atoms with E-state index in [1.165, 1.54) is 18.2 Å². The summed E-state index contributed by atoms with van der Waals surface area (Å²) in [6.07, 6.45) is 4.91. The van der Waals surface area contributed by atoms with Gasteiger partial charge in [-0.2, -0.15) is 0 Å². The van der Waals surface area contributed by atoms with Gasteiger partial charge in [0.15, 0.2) is 0 Å². The van der Waals surface area contributed by atoms with Crippen molar-refractivity contribution >= 4 is 23.2 Å². The van der Waals surface area contributed by atoms with Crippen LogP contribution in [0.5, 0.6) is 0 Å². The van der Waals surface area contributed by atoms with Gasteiger partial charge in [-0.3, -0.25) is 14.9 Å². The minimum absolute atomic E-state index is 0.0781. The Kier molecular flexibility index (Phi) is 5.14. The molecule has 1 fully saturated rings. The molecule has 0 heterocycles. The highest BCUT2D eigenvalue weighted by atomic mass is 35.5. The second kappa shape index (κ2) is 6.87. The van der Waals surface area contributed by atoms with Crippen LogP contribution in [0.1, 0.15) is 42.5 Å². The number of non-ortho nitro benzene ring substituents is 1. The Bertz CT molecular complexity index is 550. The van der Waals surface area contributed by atoms with E-state index < -0.39 is 4.92 Å². The van der Waals surface area contributed by atoms with E-state index in [1.807, 2.05) is 0 Å². The van der Waals surface area contributed by atoms with E-state index in [2.05, 4.69) is 5.32 Å². The fourth-order valence-electron chi connectivity index (χ4n) is 2.58. The SMILES string of the molecule is NC1CCCCCC1NC(=O)c1cc(Cl)cc([N+](=O)[O-])c1. The summed E-state index contributed by atoms with van der Waals surface area (Å²) < 4.78 is 0. The Balaban J connectivity index is 2.14. The third-order valence-electron chi connectivity index (χ3n) is 3.74. The molecule has 6 nitrogen and oxygen atoms in total. The van der Waals surface area contributed by atoms with Crippen LogP contribution in [-0.4, -0.2) is 22.9 Å². The zero-order chi connectivity index (χ0) is 15.4. The molecular formula is C14H18ClN3O3. The fraction of sp³-hybridized carbons (Fsp3) is 0.500. The van der Waals surface area contributed by atoms with Gasteiger partial charge in [0, 0.05) is 34.8 Å². The second-order valence-corrected chi connectivity index (χ2v) is 5.77. The third-order valence-corrected chi connectivity index (χ3v) is 3.96. The normalized spacial score (nSPS) is 22.4. The maximum absolute atomic E-state index is 12.2. The first kappa shape index (κ1) is 15.7. The van der Waals surface area contributed by atoms with Crippen LogP contribution >= 0.6 is 11.6 Å². The van der Waals surface area contributed by atoms with Gasteiger partial charge in [-0.15, -0.1) is 0 Å². The number of nitrogens with one attached hydrogen (secondary N) is 1. The molecule has 2 rings (SSSR count). The molecule has 21 heavy (non-hydrogen) atoms. The largest absolute Gasteiger partial charge is 0.348 e. The number of hydrogen-bond donors (Lipinski definition) is 2. The number of nitrogens with two attached hydrogens (primary N) is 1. The average molecular weight is 312 g/mol. The van der Waals surface area contributed by atoms with Crippen molar-refractivity contribution in [1.29, 1.82) is 0 Å². The van der Waals surface area contributed by atoms with E-state index in [-0.39, 0.29) is 34.3 Å². The average Bonchev–Trinajstić information content (AvgIpc) is 2.63. The van der Waals surface area contributed by atoms with Crippen molar-refractivity contribution in [3.8, 4) is 0 Å². The second-order valence-electron chi connectivity index (χ2n) is 5.34. The lowest BCUT2D eigenvalue weighted by molar-refractivity contribution is -0.384. The predicted molar refractivity (Wildman–Crippen MR) is 80.4 cm³/mol. The number of carbonyl (C=O) groups is 1. The quantitative estimate of drug-likeness (QED) is 0.509. The molecule has 1 aromatic carbocycles. The van der Waals surface area contributed by atoms with Gasteiger partial charge in [-0.25, -0.2) is 0 Å². The summed E-state index contributed by atoms with van der Waals surface area (Å²) in [5.74, 6) is -0.372. The lowest BCUT2D eigenvalue weighted by Gasteiger charge is -2.22. The lowest BCUT2D eigenvalue weighted by Crippen LogP contribution is -2.46. The molecule has 1 amide bonds. The molecule has 0 saturated heterocycles. The molecule has 1 aromatic rings. The van der Waals surface area contributed by atoms with Gasteiger partial charge < -0.3 is 11.1 Å². The van der Waals surface area contributed by atoms with Crippen LogP contribution in [0.15, 0.2) is 18.2 Å². The summed E-state index contributed by atoms with van der Waals surface area (Å²) in [4.78, 5) is 22.5. The number of amides is 1. The third kappa shape index (κ3) is 4.15. The van der Waals surface area contributed by atoms with Crippen LogP contribution in [0.3, 0.4) is 0 Å². The topological polar surface area (TPSA) is 98.3 Å². The van der Waals surface area contributed by atoms with Crippen molar-refractivity contribution in [3.63, 3.8) is 0 Å². The van der Waals surface area contributed by atoms with E-state index >= 15 is 0 Å². The van der Waals surface area contributed by atoms with E-state index in [0.29, 0.717) is 0 Å². The monoisotopic (exact) mass is 311 g/mol. The van der Waals surface area contributed by atoms with Gasteiger partial charge in [-0.1, -0.05) is 30.9 Å². The summed E-state index contributed by atoms with van der Waals surface area (Å²) in [6.45, 7) is 0. The highest BCUT2D eigenvalue weighted by Crippen LogP contribution is 2.22. The van der Waals surface area contributed by atoms with Gasteiger partial charge in [0.25, 0.3) is 11.6 Å². The van der Waals surface area contributed by atoms with E-state index in [1.54, 1.807) is 0 Å². The number of benzene rings is 1. The van der Waals surface area contributed by atoms with Crippen molar-refractivity contribution in [3.05, 3.63) is 38.9 Å². The van der Waals surface area contributed by atoms with Crippen LogP contribution in [0.2, 0.25) is 5.02 Å². The first-order valence-electron chi connectivity index (χ1n) is 6.99. The standard InChI is InChI=1S/C14H18ClN3O3/c15-10-6-9(7-11(8-10)18(20)21)14(19)17-13-5-3-1-2-4-12(13)16/h6-8,12-13H,1-5,16H2,(H,17,19). The van der Waals surface area contributed by atoms with Crippen molar-refractivity contribution in [2.24, 2.45) is 5.73 Å². The summed E-state index contributed by atoms with van der Waals surface area (Å²) in [5, 5.41) is 13.9. The molecule has 0 aliphatic heterocycles. The highest BCUT2D eigenvalue weighted by Gasteiger charge is 2.23. The zero-order valence-electron chi connectivity index (χ0n) is 11.5. The maximum Gasteiger partial charge on any atom is 0.271 e. The van der Waals surface area contributed by atoms with Crippen LogP contribution < -0.4 is 11.1 Å². The summed E-state index contributed by atoms with van der Waals surface area (Å²) in [6, 6.07) is 3.69. The van der Waals surface area contributed by atoms with Crippen molar-refractivity contribution in [2.75, 3.05) is 0 Å². The van der Waals surface area contributed by atoms with E-state index in [4.69, 9.17) is 17.3 Å². The van der Waals surface area contributed by atoms with Crippen molar-refractivity contribution in [1.82, 2.24) is 5.32 Å². The van der Waals surface area contributed by atoms with E-state index in [0.717, 1.165) is 32.1 Å². The smallest absolute Gasteiger partial charge is 0.271 e. The van der Waals surface area contributed by atoms with Crippen molar-refractivity contribution in [2.45, 2.75) is 44.2 Å². The number of hydrogen-bond acceptors (Lipinski definition) is 4. The molecule has 1 saturated carbocycles. The number of nitrogens with zero attached hydrogens (tertiary/aromatic N) is 1. The number of nitro groups is 1. The van der Waals surface area contributed by atoms with Gasteiger partial charge in [0.1, 0.15) is 0 Å². The summed E-state index contributed by atoms with van der Waals surface area (Å²) in [5.41, 5.74) is 6.05. The summed E-state index contributed by atoms with van der Waals surface area (Å²) >= 11 is 5.83. The molecular weight excluding hydrogens is 294 g/mol. The Morgan fingerprint density at radius 2 is 2.00 bits per heavy atom. The fourth-order valence-corrected chi connectivity index (χ4v) is 2.81. The van der Waals surface area contributed by atoms with Gasteiger partial charge >= 0.3 is 0 Å². The zero-order valence-corrected chi connectivity index (χ0v) is 12.3. The Hall–Kier alpha value is -1.66. The number of nitro benzene ring substituents is 1. The molecule has 0 spiro atoms. The molecule has 2 atom stereocenters. The lowest BCUT2D eigenvalue weighted by atomic mass is 10.0. The first-order valence-corrected chi connectivity index (χ1v) is 7.36. The van der Waals surface area contributed by atoms with Gasteiger partial charge in [-0.05, 0) is 18.9 Å². The van der Waals surface area contributed by atoms with Crippen LogP contribution in [-0.2, 0) is 0 Å². The number of carbonyl (C=O) groups excluding carboxylic acids is 1. The minimum atomic E-state index is -0.569. The van der Waals surface area contributed by atoms with Gasteiger partial charge in [0.2, 0.25) is 0 Å². The van der Waals surface area contributed by atoms with E-state index in [9.17, 15) is 14.9 Å². The maximum atomic E-state index is 12.2. The minimum Gasteiger partial charge on any atom is -0.348 e. The molecule has 3 N–H and O–H groups in total. The molecule has 0 aromatic heterocycles. The Morgan fingerprint density at radius 3 is 2.71 bits per heavy atom. The van der Waals surface area contributed by atoms with Crippen LogP contribution in [0.25, 0.3) is 0 Å². The predicted octanol–water partition coefficient (Wildman–Crippen LogP) is 2.64. The van der Waals surface area contributed by atoms with Crippen molar-refractivity contribution < 1.29 is 9.72 Å². The molecule has 0 bridgehead atoms. The van der Waals surface area contributed by atoms with Gasteiger partial charge in [0.05, 0.1) is 4.92 Å².